The second-order valence-electron chi connectivity index (χ2n) is 9.01. The van der Waals surface area contributed by atoms with Gasteiger partial charge < -0.3 is 15.6 Å². The topological polar surface area (TPSA) is 72.6 Å². The molecular weight excluding hydrogens is 500 g/mol. The van der Waals surface area contributed by atoms with Crippen LogP contribution < -0.4 is 10.5 Å². The second-order valence-corrected chi connectivity index (χ2v) is 9.01. The van der Waals surface area contributed by atoms with E-state index in [4.69, 9.17) is 10.5 Å². The number of fused-ring (bicyclic) bond motifs is 1. The van der Waals surface area contributed by atoms with E-state index in [1.807, 2.05) is 0 Å². The van der Waals surface area contributed by atoms with Gasteiger partial charge in [-0.25, -0.2) is 0 Å². The zero-order valence-electron chi connectivity index (χ0n) is 19.4. The van der Waals surface area contributed by atoms with Gasteiger partial charge in [0.15, 0.2) is 5.78 Å². The molecule has 3 aromatic carbocycles. The van der Waals surface area contributed by atoms with Gasteiger partial charge in [0.25, 0.3) is 0 Å². The Morgan fingerprint density at radius 2 is 1.51 bits per heavy atom. The second kappa shape index (κ2) is 10.2. The first-order chi connectivity index (χ1) is 17.3. The van der Waals surface area contributed by atoms with Crippen LogP contribution in [0, 0.1) is 5.92 Å². The molecule has 4 nitrogen and oxygen atoms in total. The average Bonchev–Trinajstić information content (AvgIpc) is 2.83. The van der Waals surface area contributed by atoms with Gasteiger partial charge in [-0.2, -0.15) is 26.3 Å². The standard InChI is InChI=1S/C27H23F6NO3/c28-26(29,30)20-10-16(11-21(13-20)27(31,32)33)9-19-6-5-18-12-22(7-8-23(18)24(19)35)37-14-15-1-3-17(4-2-15)25(34)36/h1-4,7-8,10-13,19,25,36H,5-6,9,14,34H2. The molecule has 196 valence electrons. The highest BCUT2D eigenvalue weighted by atomic mass is 19.4. The number of aliphatic hydroxyl groups excluding tert-OH is 1. The number of ketones is 1. The molecule has 0 heterocycles. The van der Waals surface area contributed by atoms with E-state index in [2.05, 4.69) is 0 Å². The van der Waals surface area contributed by atoms with E-state index in [1.165, 1.54) is 0 Å². The highest BCUT2D eigenvalue weighted by Crippen LogP contribution is 2.38. The molecule has 0 fully saturated rings. The van der Waals surface area contributed by atoms with Crippen LogP contribution in [0.4, 0.5) is 26.3 Å². The number of carbonyl (C=O) groups excluding carboxylic acids is 1. The fourth-order valence-corrected chi connectivity index (χ4v) is 4.38. The van der Waals surface area contributed by atoms with E-state index in [-0.39, 0.29) is 36.9 Å². The number of halogens is 6. The third-order valence-electron chi connectivity index (χ3n) is 6.33. The van der Waals surface area contributed by atoms with Crippen molar-refractivity contribution < 1.29 is 41.0 Å². The van der Waals surface area contributed by atoms with Crippen molar-refractivity contribution in [3.8, 4) is 5.75 Å². The molecule has 0 aliphatic heterocycles. The van der Waals surface area contributed by atoms with E-state index in [1.54, 1.807) is 42.5 Å². The first kappa shape index (κ1) is 26.7. The van der Waals surface area contributed by atoms with Gasteiger partial charge in [-0.15, -0.1) is 0 Å². The van der Waals surface area contributed by atoms with Crippen molar-refractivity contribution in [1.82, 2.24) is 0 Å². The highest BCUT2D eigenvalue weighted by Gasteiger charge is 2.37. The maximum Gasteiger partial charge on any atom is 0.416 e. The summed E-state index contributed by atoms with van der Waals surface area (Å²) < 4.78 is 84.9. The minimum atomic E-state index is -4.94. The molecule has 3 aromatic rings. The Balaban J connectivity index is 1.47. The molecule has 1 aliphatic rings. The number of hydrogen-bond acceptors (Lipinski definition) is 4. The number of benzene rings is 3. The maximum absolute atomic E-state index is 13.2. The fourth-order valence-electron chi connectivity index (χ4n) is 4.38. The normalized spacial score (nSPS) is 16.9. The van der Waals surface area contributed by atoms with E-state index >= 15 is 0 Å². The Kier molecular flexibility index (Phi) is 7.34. The summed E-state index contributed by atoms with van der Waals surface area (Å²) in [5.41, 5.74) is 4.93. The Bertz CT molecular complexity index is 1250. The van der Waals surface area contributed by atoms with Crippen molar-refractivity contribution in [2.75, 3.05) is 0 Å². The van der Waals surface area contributed by atoms with Gasteiger partial charge in [0.05, 0.1) is 11.1 Å². The third kappa shape index (κ3) is 6.31. The lowest BCUT2D eigenvalue weighted by Gasteiger charge is -2.24. The number of aliphatic hydroxyl groups is 1. The summed E-state index contributed by atoms with van der Waals surface area (Å²) in [7, 11) is 0. The van der Waals surface area contributed by atoms with Gasteiger partial charge in [0.2, 0.25) is 0 Å². The van der Waals surface area contributed by atoms with Gasteiger partial charge in [-0.05, 0) is 77.9 Å². The van der Waals surface area contributed by atoms with Gasteiger partial charge >= 0.3 is 12.4 Å². The molecule has 4 rings (SSSR count). The number of alkyl halides is 6. The Morgan fingerprint density at radius 3 is 2.08 bits per heavy atom. The van der Waals surface area contributed by atoms with Crippen LogP contribution in [0.15, 0.2) is 60.7 Å². The minimum Gasteiger partial charge on any atom is -0.489 e. The summed E-state index contributed by atoms with van der Waals surface area (Å²) >= 11 is 0. The van der Waals surface area contributed by atoms with Crippen LogP contribution in [0.25, 0.3) is 0 Å². The van der Waals surface area contributed by atoms with Crippen molar-refractivity contribution in [1.29, 1.82) is 0 Å². The number of carbonyl (C=O) groups is 1. The molecule has 0 amide bonds. The van der Waals surface area contributed by atoms with Crippen molar-refractivity contribution in [2.45, 2.75) is 44.4 Å². The average molecular weight is 523 g/mol. The Morgan fingerprint density at radius 1 is 0.892 bits per heavy atom. The van der Waals surface area contributed by atoms with Crippen LogP contribution in [-0.4, -0.2) is 10.9 Å². The van der Waals surface area contributed by atoms with Crippen LogP contribution in [-0.2, 0) is 31.8 Å². The number of ether oxygens (including phenoxy) is 1. The molecule has 0 spiro atoms. The molecule has 2 atom stereocenters. The molecule has 0 saturated heterocycles. The van der Waals surface area contributed by atoms with Gasteiger partial charge in [0, 0.05) is 11.5 Å². The molecule has 37 heavy (non-hydrogen) atoms. The monoisotopic (exact) mass is 523 g/mol. The Labute approximate surface area is 208 Å². The zero-order chi connectivity index (χ0) is 27.0. The lowest BCUT2D eigenvalue weighted by Crippen LogP contribution is -2.25. The van der Waals surface area contributed by atoms with Crippen LogP contribution in [0.2, 0.25) is 0 Å². The third-order valence-corrected chi connectivity index (χ3v) is 6.33. The lowest BCUT2D eigenvalue weighted by atomic mass is 9.79. The zero-order valence-corrected chi connectivity index (χ0v) is 19.4. The first-order valence-corrected chi connectivity index (χ1v) is 11.4. The predicted octanol–water partition coefficient (Wildman–Crippen LogP) is 6.24. The van der Waals surface area contributed by atoms with Crippen LogP contribution in [0.5, 0.6) is 5.75 Å². The quantitative estimate of drug-likeness (QED) is 0.296. The van der Waals surface area contributed by atoms with Crippen LogP contribution >= 0.6 is 0 Å². The fraction of sp³-hybridized carbons (Fsp3) is 0.296. The lowest BCUT2D eigenvalue weighted by molar-refractivity contribution is -0.143. The molecule has 10 heteroatoms. The number of rotatable bonds is 6. The molecule has 0 bridgehead atoms. The van der Waals surface area contributed by atoms with Crippen molar-refractivity contribution in [2.24, 2.45) is 11.7 Å². The largest absolute Gasteiger partial charge is 0.489 e. The smallest absolute Gasteiger partial charge is 0.416 e. The molecule has 0 radical (unpaired) electrons. The maximum atomic E-state index is 13.2. The number of Topliss-reactive ketones (excluding diaryl/α,β-unsaturated/α-hetero) is 1. The van der Waals surface area contributed by atoms with Crippen molar-refractivity contribution in [3.05, 3.63) is 99.6 Å². The number of hydrogen-bond donors (Lipinski definition) is 2. The summed E-state index contributed by atoms with van der Waals surface area (Å²) in [4.78, 5) is 13.0. The molecule has 2 unspecified atom stereocenters. The summed E-state index contributed by atoms with van der Waals surface area (Å²) in [6.07, 6.45) is -10.5. The molecular formula is C27H23F6NO3. The molecule has 0 saturated carbocycles. The minimum absolute atomic E-state index is 0.0823. The molecule has 1 aliphatic carbocycles. The van der Waals surface area contributed by atoms with E-state index < -0.39 is 35.6 Å². The van der Waals surface area contributed by atoms with E-state index in [9.17, 15) is 36.2 Å². The SMILES string of the molecule is NC(O)c1ccc(COc2ccc3c(c2)CCC(Cc2cc(C(F)(F)F)cc(C(F)(F)F)c2)C3=O)cc1. The van der Waals surface area contributed by atoms with Crippen molar-refractivity contribution >= 4 is 5.78 Å². The van der Waals surface area contributed by atoms with Crippen LogP contribution in [0.1, 0.15) is 56.4 Å². The Hall–Kier alpha value is -3.37. The van der Waals surface area contributed by atoms with E-state index in [0.717, 1.165) is 5.56 Å². The van der Waals surface area contributed by atoms with Crippen molar-refractivity contribution in [3.63, 3.8) is 0 Å². The summed E-state index contributed by atoms with van der Waals surface area (Å²) in [6.45, 7) is 0.230. The van der Waals surface area contributed by atoms with Gasteiger partial charge in [0.1, 0.15) is 18.6 Å². The number of aryl methyl sites for hydroxylation is 1. The highest BCUT2D eigenvalue weighted by molar-refractivity contribution is 6.00. The summed E-state index contributed by atoms with van der Waals surface area (Å²) in [5.74, 6) is -0.546. The van der Waals surface area contributed by atoms with Crippen LogP contribution in [0.3, 0.4) is 0 Å². The predicted molar refractivity (Wildman–Crippen MR) is 123 cm³/mol. The summed E-state index contributed by atoms with van der Waals surface area (Å²) in [6, 6.07) is 13.2. The van der Waals surface area contributed by atoms with Gasteiger partial charge in [-0.3, -0.25) is 4.79 Å². The first-order valence-electron chi connectivity index (χ1n) is 11.4. The number of nitrogens with two attached hydrogens (primary N) is 1. The summed E-state index contributed by atoms with van der Waals surface area (Å²) in [5, 5.41) is 9.38. The van der Waals surface area contributed by atoms with Gasteiger partial charge in [-0.1, -0.05) is 24.3 Å². The van der Waals surface area contributed by atoms with E-state index in [0.29, 0.717) is 41.0 Å². The molecule has 3 N–H and O–H groups in total. The molecule has 0 aromatic heterocycles.